The van der Waals surface area contributed by atoms with E-state index in [1.807, 2.05) is 35.2 Å². The first kappa shape index (κ1) is 16.9. The van der Waals surface area contributed by atoms with E-state index in [0.29, 0.717) is 6.61 Å². The Morgan fingerprint density at radius 2 is 1.81 bits per heavy atom. The lowest BCUT2D eigenvalue weighted by Crippen LogP contribution is -2.43. The molecule has 3 heteroatoms. The lowest BCUT2D eigenvalue weighted by Gasteiger charge is -2.33. The molecule has 2 atom stereocenters. The van der Waals surface area contributed by atoms with E-state index in [2.05, 4.69) is 38.1 Å². The summed E-state index contributed by atoms with van der Waals surface area (Å²) in [4.78, 5) is 14.6. The maximum Gasteiger partial charge on any atom is 0.410 e. The monoisotopic (exact) mass is 347 g/mol. The molecule has 0 spiro atoms. The molecular formula is C23H25NO2. The fourth-order valence-corrected chi connectivity index (χ4v) is 4.28. The van der Waals surface area contributed by atoms with Gasteiger partial charge in [-0.25, -0.2) is 4.79 Å². The summed E-state index contributed by atoms with van der Waals surface area (Å²) in [5, 5.41) is 0. The van der Waals surface area contributed by atoms with Crippen molar-refractivity contribution in [2.24, 2.45) is 0 Å². The Balaban J connectivity index is 1.48. The van der Waals surface area contributed by atoms with E-state index in [1.165, 1.54) is 22.3 Å². The van der Waals surface area contributed by atoms with Crippen molar-refractivity contribution in [2.45, 2.75) is 51.8 Å². The lowest BCUT2D eigenvalue weighted by atomic mass is 9.93. The third-order valence-electron chi connectivity index (χ3n) is 5.40. The molecule has 26 heavy (non-hydrogen) atoms. The fourth-order valence-electron chi connectivity index (χ4n) is 4.28. The number of fused-ring (bicyclic) bond motifs is 2. The molecule has 2 unspecified atom stereocenters. The molecule has 2 heterocycles. The van der Waals surface area contributed by atoms with Crippen LogP contribution in [0.3, 0.4) is 0 Å². The van der Waals surface area contributed by atoms with Crippen molar-refractivity contribution in [3.05, 3.63) is 76.9 Å². The van der Waals surface area contributed by atoms with Gasteiger partial charge in [0.15, 0.2) is 0 Å². The van der Waals surface area contributed by atoms with E-state index >= 15 is 0 Å². The summed E-state index contributed by atoms with van der Waals surface area (Å²) >= 11 is 0. The average Bonchev–Trinajstić information content (AvgIpc) is 2.89. The zero-order chi connectivity index (χ0) is 18.1. The van der Waals surface area contributed by atoms with Gasteiger partial charge in [0, 0.05) is 6.04 Å². The molecule has 2 aromatic carbocycles. The van der Waals surface area contributed by atoms with Crippen molar-refractivity contribution >= 4 is 11.7 Å². The van der Waals surface area contributed by atoms with Crippen LogP contribution in [0.15, 0.2) is 54.6 Å². The fraction of sp³-hybridized carbons (Fsp3) is 0.348. The zero-order valence-electron chi connectivity index (χ0n) is 15.4. The highest BCUT2D eigenvalue weighted by Gasteiger charge is 2.40. The number of nitrogens with zero attached hydrogens (tertiary/aromatic N) is 1. The number of rotatable bonds is 3. The molecular weight excluding hydrogens is 322 g/mol. The second-order valence-corrected chi connectivity index (χ2v) is 7.52. The summed E-state index contributed by atoms with van der Waals surface area (Å²) in [5.74, 6) is 0. The maximum atomic E-state index is 12.7. The molecule has 2 aliphatic heterocycles. The summed E-state index contributed by atoms with van der Waals surface area (Å²) in [6.07, 6.45) is 5.09. The van der Waals surface area contributed by atoms with Crippen LogP contribution in [-0.2, 0) is 11.3 Å². The first-order valence-corrected chi connectivity index (χ1v) is 9.38. The highest BCUT2D eigenvalue weighted by atomic mass is 16.6. The van der Waals surface area contributed by atoms with Crippen molar-refractivity contribution in [3.63, 3.8) is 0 Å². The first-order valence-electron chi connectivity index (χ1n) is 9.38. The second kappa shape index (κ2) is 6.99. The molecule has 0 aliphatic carbocycles. The van der Waals surface area contributed by atoms with Crippen LogP contribution < -0.4 is 0 Å². The van der Waals surface area contributed by atoms with Gasteiger partial charge in [-0.05, 0) is 49.8 Å². The molecule has 0 radical (unpaired) electrons. The van der Waals surface area contributed by atoms with E-state index < -0.39 is 0 Å². The minimum Gasteiger partial charge on any atom is -0.445 e. The molecule has 2 aromatic rings. The van der Waals surface area contributed by atoms with Crippen LogP contribution in [0.5, 0.6) is 0 Å². The predicted octanol–water partition coefficient (Wildman–Crippen LogP) is 5.26. The Morgan fingerprint density at radius 3 is 2.50 bits per heavy atom. The van der Waals surface area contributed by atoms with Crippen LogP contribution in [0.4, 0.5) is 4.79 Å². The zero-order valence-corrected chi connectivity index (χ0v) is 15.4. The molecule has 134 valence electrons. The normalized spacial score (nSPS) is 21.5. The molecule has 0 N–H and O–H groups in total. The molecule has 1 saturated heterocycles. The van der Waals surface area contributed by atoms with Crippen molar-refractivity contribution < 1.29 is 9.53 Å². The van der Waals surface area contributed by atoms with E-state index in [1.54, 1.807) is 0 Å². The van der Waals surface area contributed by atoms with Crippen LogP contribution in [-0.4, -0.2) is 23.1 Å². The highest BCUT2D eigenvalue weighted by Crippen LogP contribution is 2.39. The van der Waals surface area contributed by atoms with Crippen LogP contribution in [0.1, 0.15) is 41.5 Å². The molecule has 3 nitrogen and oxygen atoms in total. The SMILES string of the molecule is Cc1cc(C)cc(C2=CC3CCC(C2)N3C(=O)OCc2ccccc2)c1. The first-order chi connectivity index (χ1) is 12.6. The van der Waals surface area contributed by atoms with E-state index in [9.17, 15) is 4.79 Å². The molecule has 4 rings (SSSR count). The quantitative estimate of drug-likeness (QED) is 0.758. The second-order valence-electron chi connectivity index (χ2n) is 7.52. The maximum absolute atomic E-state index is 12.7. The van der Waals surface area contributed by atoms with Crippen LogP contribution in [0.2, 0.25) is 0 Å². The number of hydrogen-bond acceptors (Lipinski definition) is 2. The topological polar surface area (TPSA) is 29.5 Å². The Hall–Kier alpha value is -2.55. The minimum atomic E-state index is -0.183. The molecule has 0 aromatic heterocycles. The van der Waals surface area contributed by atoms with E-state index in [0.717, 1.165) is 24.8 Å². The molecule has 0 saturated carbocycles. The number of ether oxygens (including phenoxy) is 1. The summed E-state index contributed by atoms with van der Waals surface area (Å²) in [5.41, 5.74) is 6.28. The Morgan fingerprint density at radius 1 is 1.08 bits per heavy atom. The van der Waals surface area contributed by atoms with Gasteiger partial charge in [0.2, 0.25) is 0 Å². The smallest absolute Gasteiger partial charge is 0.410 e. The minimum absolute atomic E-state index is 0.160. The standard InChI is InChI=1S/C23H25NO2/c1-16-10-17(2)12-19(11-16)20-13-21-8-9-22(14-20)24(21)23(25)26-15-18-6-4-3-5-7-18/h3-7,10-13,21-22H,8-9,14-15H2,1-2H3. The van der Waals surface area contributed by atoms with Gasteiger partial charge < -0.3 is 4.74 Å². The number of hydrogen-bond donors (Lipinski definition) is 0. The lowest BCUT2D eigenvalue weighted by molar-refractivity contribution is 0.0832. The summed E-state index contributed by atoms with van der Waals surface area (Å²) in [6, 6.07) is 17.0. The summed E-state index contributed by atoms with van der Waals surface area (Å²) in [7, 11) is 0. The molecule has 2 bridgehead atoms. The molecule has 2 aliphatic rings. The number of carbonyl (C=O) groups is 1. The van der Waals surface area contributed by atoms with Crippen LogP contribution in [0.25, 0.3) is 5.57 Å². The third-order valence-corrected chi connectivity index (χ3v) is 5.40. The van der Waals surface area contributed by atoms with E-state index in [4.69, 9.17) is 4.74 Å². The molecule has 1 fully saturated rings. The predicted molar refractivity (Wildman–Crippen MR) is 104 cm³/mol. The van der Waals surface area contributed by atoms with Crippen LogP contribution >= 0.6 is 0 Å². The number of benzene rings is 2. The van der Waals surface area contributed by atoms with Crippen molar-refractivity contribution in [2.75, 3.05) is 0 Å². The van der Waals surface area contributed by atoms with Gasteiger partial charge in [-0.3, -0.25) is 4.90 Å². The van der Waals surface area contributed by atoms with Gasteiger partial charge in [-0.15, -0.1) is 0 Å². The third kappa shape index (κ3) is 3.39. The van der Waals surface area contributed by atoms with Gasteiger partial charge in [-0.2, -0.15) is 0 Å². The Kier molecular flexibility index (Phi) is 4.54. The molecule has 1 amide bonds. The highest BCUT2D eigenvalue weighted by molar-refractivity contribution is 5.75. The Bertz CT molecular complexity index is 820. The number of carbonyl (C=O) groups excluding carboxylic acids is 1. The van der Waals surface area contributed by atoms with Crippen molar-refractivity contribution in [3.8, 4) is 0 Å². The number of amides is 1. The largest absolute Gasteiger partial charge is 0.445 e. The summed E-state index contributed by atoms with van der Waals surface area (Å²) in [6.45, 7) is 4.62. The van der Waals surface area contributed by atoms with Gasteiger partial charge in [0.25, 0.3) is 0 Å². The van der Waals surface area contributed by atoms with Gasteiger partial charge in [-0.1, -0.05) is 65.7 Å². The van der Waals surface area contributed by atoms with Crippen LogP contribution in [0, 0.1) is 13.8 Å². The van der Waals surface area contributed by atoms with Gasteiger partial charge in [0.05, 0.1) is 6.04 Å². The average molecular weight is 347 g/mol. The van der Waals surface area contributed by atoms with Gasteiger partial charge in [0.1, 0.15) is 6.61 Å². The number of aryl methyl sites for hydroxylation is 2. The van der Waals surface area contributed by atoms with E-state index in [-0.39, 0.29) is 18.2 Å². The Labute approximate surface area is 155 Å². The van der Waals surface area contributed by atoms with Crippen molar-refractivity contribution in [1.82, 2.24) is 4.90 Å². The summed E-state index contributed by atoms with van der Waals surface area (Å²) < 4.78 is 5.59. The van der Waals surface area contributed by atoms with Crippen molar-refractivity contribution in [1.29, 1.82) is 0 Å². The van der Waals surface area contributed by atoms with Gasteiger partial charge >= 0.3 is 6.09 Å².